The highest BCUT2D eigenvalue weighted by atomic mass is 32.2. The van der Waals surface area contributed by atoms with E-state index in [1.54, 1.807) is 0 Å². The lowest BCUT2D eigenvalue weighted by Crippen LogP contribution is -2.29. The molecule has 5 heteroatoms. The third-order valence-corrected chi connectivity index (χ3v) is 4.80. The van der Waals surface area contributed by atoms with Crippen molar-refractivity contribution in [2.75, 3.05) is 22.1 Å². The number of rotatable bonds is 4. The van der Waals surface area contributed by atoms with E-state index in [0.717, 1.165) is 35.7 Å². The highest BCUT2D eigenvalue weighted by Gasteiger charge is 2.17. The molecule has 1 aromatic carbocycles. The van der Waals surface area contributed by atoms with Crippen molar-refractivity contribution < 1.29 is 9.00 Å². The highest BCUT2D eigenvalue weighted by Crippen LogP contribution is 2.20. The van der Waals surface area contributed by atoms with Gasteiger partial charge in [-0.3, -0.25) is 9.00 Å². The number of anilines is 2. The minimum absolute atomic E-state index is 0.0233. The van der Waals surface area contributed by atoms with Gasteiger partial charge in [-0.2, -0.15) is 0 Å². The highest BCUT2D eigenvalue weighted by molar-refractivity contribution is 7.85. The van der Waals surface area contributed by atoms with Crippen LogP contribution in [0.1, 0.15) is 26.7 Å². The van der Waals surface area contributed by atoms with E-state index in [1.165, 1.54) is 0 Å². The van der Waals surface area contributed by atoms with Crippen LogP contribution in [-0.4, -0.2) is 27.7 Å². The van der Waals surface area contributed by atoms with Gasteiger partial charge in [0.05, 0.1) is 0 Å². The first kappa shape index (κ1) is 15.0. The van der Waals surface area contributed by atoms with Crippen molar-refractivity contribution in [2.45, 2.75) is 32.7 Å². The molecule has 0 bridgehead atoms. The predicted octanol–water partition coefficient (Wildman–Crippen LogP) is 2.60. The van der Waals surface area contributed by atoms with Gasteiger partial charge in [-0.25, -0.2) is 0 Å². The van der Waals surface area contributed by atoms with Crippen molar-refractivity contribution in [3.63, 3.8) is 0 Å². The summed E-state index contributed by atoms with van der Waals surface area (Å²) in [4.78, 5) is 11.7. The van der Waals surface area contributed by atoms with Crippen molar-refractivity contribution in [2.24, 2.45) is 5.92 Å². The van der Waals surface area contributed by atoms with Crippen molar-refractivity contribution in [1.29, 1.82) is 0 Å². The molecule has 1 amide bonds. The van der Waals surface area contributed by atoms with Crippen molar-refractivity contribution >= 4 is 28.1 Å². The molecule has 0 spiro atoms. The fourth-order valence-electron chi connectivity index (χ4n) is 2.15. The molecule has 1 aliphatic heterocycles. The van der Waals surface area contributed by atoms with Crippen LogP contribution in [0.4, 0.5) is 11.4 Å². The average Bonchev–Trinajstić information content (AvgIpc) is 2.42. The first-order valence-electron chi connectivity index (χ1n) is 7.07. The summed E-state index contributed by atoms with van der Waals surface area (Å²) >= 11 is 0. The third kappa shape index (κ3) is 4.34. The topological polar surface area (TPSA) is 58.2 Å². The zero-order chi connectivity index (χ0) is 14.5. The number of hydrogen-bond acceptors (Lipinski definition) is 3. The number of benzene rings is 1. The summed E-state index contributed by atoms with van der Waals surface area (Å²) in [5.74, 6) is 1.55. The molecule has 0 radical (unpaired) electrons. The van der Waals surface area contributed by atoms with Crippen LogP contribution in [0.15, 0.2) is 24.3 Å². The number of nitrogens with one attached hydrogen (secondary N) is 2. The van der Waals surface area contributed by atoms with E-state index in [9.17, 15) is 9.00 Å². The van der Waals surface area contributed by atoms with E-state index in [0.29, 0.717) is 6.04 Å². The number of carbonyl (C=O) groups is 1. The van der Waals surface area contributed by atoms with Crippen LogP contribution in [0.25, 0.3) is 0 Å². The van der Waals surface area contributed by atoms with E-state index in [-0.39, 0.29) is 11.8 Å². The lowest BCUT2D eigenvalue weighted by atomic mass is 10.1. The van der Waals surface area contributed by atoms with Gasteiger partial charge in [0.2, 0.25) is 5.91 Å². The average molecular weight is 294 g/mol. The smallest absolute Gasteiger partial charge is 0.226 e. The van der Waals surface area contributed by atoms with E-state index in [4.69, 9.17) is 0 Å². The molecular formula is C15H22N2O2S. The Balaban J connectivity index is 1.95. The maximum absolute atomic E-state index is 11.7. The molecule has 0 saturated carbocycles. The normalized spacial score (nSPS) is 22.6. The molecule has 1 heterocycles. The minimum atomic E-state index is -0.633. The first-order chi connectivity index (χ1) is 9.54. The van der Waals surface area contributed by atoms with Gasteiger partial charge >= 0.3 is 0 Å². The molecule has 0 atom stereocenters. The molecule has 0 unspecified atom stereocenters. The summed E-state index contributed by atoms with van der Waals surface area (Å²) in [6.45, 7) is 3.75. The maximum Gasteiger partial charge on any atom is 0.226 e. The van der Waals surface area contributed by atoms with Gasteiger partial charge < -0.3 is 10.6 Å². The van der Waals surface area contributed by atoms with Crippen molar-refractivity contribution in [3.8, 4) is 0 Å². The van der Waals surface area contributed by atoms with Crippen LogP contribution in [-0.2, 0) is 15.6 Å². The van der Waals surface area contributed by atoms with Crippen LogP contribution in [0.2, 0.25) is 0 Å². The molecular weight excluding hydrogens is 272 g/mol. The van der Waals surface area contributed by atoms with Gasteiger partial charge in [0, 0.05) is 45.6 Å². The van der Waals surface area contributed by atoms with E-state index >= 15 is 0 Å². The second-order valence-corrected chi connectivity index (χ2v) is 7.19. The van der Waals surface area contributed by atoms with Gasteiger partial charge in [-0.05, 0) is 31.0 Å². The molecule has 20 heavy (non-hydrogen) atoms. The Morgan fingerprint density at radius 3 is 2.55 bits per heavy atom. The number of carbonyl (C=O) groups excluding carboxylic acids is 1. The first-order valence-corrected chi connectivity index (χ1v) is 8.56. The quantitative estimate of drug-likeness (QED) is 0.897. The summed E-state index contributed by atoms with van der Waals surface area (Å²) in [6.07, 6.45) is 1.88. The van der Waals surface area contributed by atoms with Crippen molar-refractivity contribution in [3.05, 3.63) is 24.3 Å². The molecule has 1 aliphatic rings. The monoisotopic (exact) mass is 294 g/mol. The maximum atomic E-state index is 11.7. The standard InChI is InChI=1S/C15H22N2O2S/c1-11(2)15(18)17-14-5-3-4-13(10-14)16-12-6-8-20(19)9-7-12/h3-5,10-12,16H,6-9H2,1-2H3,(H,17,18). The molecule has 1 saturated heterocycles. The fourth-order valence-corrected chi connectivity index (χ4v) is 3.45. The minimum Gasteiger partial charge on any atom is -0.382 e. The molecule has 0 aromatic heterocycles. The Kier molecular flexibility index (Phi) is 5.17. The van der Waals surface area contributed by atoms with E-state index in [1.807, 2.05) is 38.1 Å². The predicted molar refractivity (Wildman–Crippen MR) is 84.4 cm³/mol. The second kappa shape index (κ2) is 6.88. The molecule has 1 aromatic rings. The Morgan fingerprint density at radius 2 is 1.90 bits per heavy atom. The Labute approximate surface area is 122 Å². The van der Waals surface area contributed by atoms with Crippen LogP contribution >= 0.6 is 0 Å². The summed E-state index contributed by atoms with van der Waals surface area (Å²) in [5.41, 5.74) is 1.82. The summed E-state index contributed by atoms with van der Waals surface area (Å²) in [6, 6.07) is 8.15. The van der Waals surface area contributed by atoms with Gasteiger partial charge in [0.25, 0.3) is 0 Å². The third-order valence-electron chi connectivity index (χ3n) is 3.41. The lowest BCUT2D eigenvalue weighted by molar-refractivity contribution is -0.118. The van der Waals surface area contributed by atoms with Crippen LogP contribution in [0.3, 0.4) is 0 Å². The van der Waals surface area contributed by atoms with Gasteiger partial charge in [0.15, 0.2) is 0 Å². The Hall–Kier alpha value is -1.36. The molecule has 2 N–H and O–H groups in total. The summed E-state index contributed by atoms with van der Waals surface area (Å²) in [7, 11) is -0.633. The number of amides is 1. The van der Waals surface area contributed by atoms with Crippen molar-refractivity contribution in [1.82, 2.24) is 0 Å². The Morgan fingerprint density at radius 1 is 1.25 bits per heavy atom. The largest absolute Gasteiger partial charge is 0.382 e. The molecule has 2 rings (SSSR count). The SMILES string of the molecule is CC(C)C(=O)Nc1cccc(NC2CCS(=O)CC2)c1. The fraction of sp³-hybridized carbons (Fsp3) is 0.533. The summed E-state index contributed by atoms with van der Waals surface area (Å²) in [5, 5.41) is 6.36. The molecule has 0 aliphatic carbocycles. The van der Waals surface area contributed by atoms with Crippen LogP contribution < -0.4 is 10.6 Å². The zero-order valence-corrected chi connectivity index (χ0v) is 12.8. The molecule has 1 fully saturated rings. The molecule has 4 nitrogen and oxygen atoms in total. The van der Waals surface area contributed by atoms with E-state index < -0.39 is 10.8 Å². The number of hydrogen-bond donors (Lipinski definition) is 2. The second-order valence-electron chi connectivity index (χ2n) is 5.49. The van der Waals surface area contributed by atoms with Gasteiger partial charge in [0.1, 0.15) is 0 Å². The summed E-state index contributed by atoms with van der Waals surface area (Å²) < 4.78 is 11.3. The van der Waals surface area contributed by atoms with E-state index in [2.05, 4.69) is 10.6 Å². The lowest BCUT2D eigenvalue weighted by Gasteiger charge is -2.23. The zero-order valence-electron chi connectivity index (χ0n) is 12.0. The Bertz CT molecular complexity index is 492. The molecule has 110 valence electrons. The van der Waals surface area contributed by atoms with Gasteiger partial charge in [-0.1, -0.05) is 19.9 Å². The van der Waals surface area contributed by atoms with Crippen LogP contribution in [0.5, 0.6) is 0 Å². The van der Waals surface area contributed by atoms with Crippen LogP contribution in [0, 0.1) is 5.92 Å². The van der Waals surface area contributed by atoms with Gasteiger partial charge in [-0.15, -0.1) is 0 Å².